The lowest BCUT2D eigenvalue weighted by Crippen LogP contribution is -2.63. The molecule has 1 heterocycles. The summed E-state index contributed by atoms with van der Waals surface area (Å²) in [5.74, 6) is -1.06. The van der Waals surface area contributed by atoms with Crippen LogP contribution in [0.25, 0.3) is 0 Å². The Balaban J connectivity index is 2.05. The number of ether oxygens (including phenoxy) is 1. The first-order valence-corrected chi connectivity index (χ1v) is 10.2. The van der Waals surface area contributed by atoms with Crippen LogP contribution in [0.5, 0.6) is 0 Å². The Morgan fingerprint density at radius 2 is 1.25 bits per heavy atom. The van der Waals surface area contributed by atoms with E-state index in [2.05, 4.69) is 5.32 Å². The van der Waals surface area contributed by atoms with Crippen molar-refractivity contribution in [3.8, 4) is 0 Å². The van der Waals surface area contributed by atoms with Gasteiger partial charge in [-0.25, -0.2) is 0 Å². The highest BCUT2D eigenvalue weighted by molar-refractivity contribution is 5.76. The summed E-state index contributed by atoms with van der Waals surface area (Å²) >= 11 is 0. The third-order valence-electron chi connectivity index (χ3n) is 4.99. The van der Waals surface area contributed by atoms with Gasteiger partial charge < -0.3 is 35.6 Å². The molecule has 1 saturated heterocycles. The highest BCUT2D eigenvalue weighted by Gasteiger charge is 2.43. The molecule has 0 aromatic rings. The van der Waals surface area contributed by atoms with Gasteiger partial charge in [-0.05, 0) is 12.8 Å². The second-order valence-electron chi connectivity index (χ2n) is 7.39. The minimum atomic E-state index is -1.50. The molecule has 1 fully saturated rings. The number of rotatable bonds is 14. The summed E-state index contributed by atoms with van der Waals surface area (Å²) in [4.78, 5) is 22.4. The molecule has 0 aromatic heterocycles. The second-order valence-corrected chi connectivity index (χ2v) is 7.39. The van der Waals surface area contributed by atoms with Crippen molar-refractivity contribution in [2.24, 2.45) is 0 Å². The van der Waals surface area contributed by atoms with Crippen molar-refractivity contribution in [1.82, 2.24) is 5.32 Å². The van der Waals surface area contributed by atoms with Crippen LogP contribution in [-0.2, 0) is 14.3 Å². The number of aliphatic hydroxyl groups is 4. The molecule has 1 amide bonds. The lowest BCUT2D eigenvalue weighted by Gasteiger charge is -2.40. The lowest BCUT2D eigenvalue weighted by atomic mass is 9.98. The van der Waals surface area contributed by atoms with E-state index < -0.39 is 43.2 Å². The third-order valence-corrected chi connectivity index (χ3v) is 4.99. The van der Waals surface area contributed by atoms with Crippen molar-refractivity contribution in [3.63, 3.8) is 0 Å². The number of amides is 1. The first-order valence-electron chi connectivity index (χ1n) is 10.2. The number of carbonyl (C=O) groups excluding carboxylic acids is 1. The Hall–Kier alpha value is -1.26. The number of carboxylic acid groups (broad SMARTS) is 1. The van der Waals surface area contributed by atoms with E-state index >= 15 is 0 Å². The molecular formula is C19H35NO8. The number of hydrogen-bond donors (Lipinski definition) is 6. The third kappa shape index (κ3) is 9.29. The molecule has 6 N–H and O–H groups in total. The number of carbonyl (C=O) groups is 2. The van der Waals surface area contributed by atoms with Crippen LogP contribution in [0.1, 0.15) is 70.6 Å². The van der Waals surface area contributed by atoms with Gasteiger partial charge in [0.2, 0.25) is 5.91 Å². The molecular weight excluding hydrogens is 370 g/mol. The number of aliphatic hydroxyl groups excluding tert-OH is 4. The molecule has 9 nitrogen and oxygen atoms in total. The van der Waals surface area contributed by atoms with Gasteiger partial charge >= 0.3 is 5.97 Å². The van der Waals surface area contributed by atoms with Gasteiger partial charge in [0, 0.05) is 12.8 Å². The van der Waals surface area contributed by atoms with E-state index in [-0.39, 0.29) is 18.7 Å². The largest absolute Gasteiger partial charge is 0.481 e. The SMILES string of the molecule is O=C(O)CCCCCCCCCCCC(=O)N[C@@H]1O[C@H](CO)[C@@H](O)[C@H](O)[C@H]1O. The smallest absolute Gasteiger partial charge is 0.303 e. The van der Waals surface area contributed by atoms with Crippen LogP contribution in [0.4, 0.5) is 0 Å². The van der Waals surface area contributed by atoms with Crippen molar-refractivity contribution in [2.45, 2.75) is 101 Å². The molecule has 5 atom stereocenters. The van der Waals surface area contributed by atoms with Crippen LogP contribution in [0.3, 0.4) is 0 Å². The van der Waals surface area contributed by atoms with Crippen LogP contribution in [-0.4, -0.2) is 74.7 Å². The summed E-state index contributed by atoms with van der Waals surface area (Å²) in [6.07, 6.45) is 2.54. The van der Waals surface area contributed by atoms with Gasteiger partial charge in [-0.2, -0.15) is 0 Å². The van der Waals surface area contributed by atoms with Gasteiger partial charge in [-0.3, -0.25) is 9.59 Å². The topological polar surface area (TPSA) is 157 Å². The van der Waals surface area contributed by atoms with Crippen LogP contribution in [0, 0.1) is 0 Å². The summed E-state index contributed by atoms with van der Waals surface area (Å²) in [5, 5.41) is 49.5. The maximum absolute atomic E-state index is 12.0. The van der Waals surface area contributed by atoms with Crippen molar-refractivity contribution < 1.29 is 39.9 Å². The highest BCUT2D eigenvalue weighted by Crippen LogP contribution is 2.20. The van der Waals surface area contributed by atoms with E-state index in [0.717, 1.165) is 51.4 Å². The molecule has 0 unspecified atom stereocenters. The molecule has 28 heavy (non-hydrogen) atoms. The summed E-state index contributed by atoms with van der Waals surface area (Å²) in [5.41, 5.74) is 0. The molecule has 164 valence electrons. The Bertz CT molecular complexity index is 459. The van der Waals surface area contributed by atoms with Crippen molar-refractivity contribution in [3.05, 3.63) is 0 Å². The number of unbranched alkanes of at least 4 members (excludes halogenated alkanes) is 8. The van der Waals surface area contributed by atoms with Gasteiger partial charge in [0.25, 0.3) is 0 Å². The quantitative estimate of drug-likeness (QED) is 0.225. The number of hydrogen-bond acceptors (Lipinski definition) is 7. The summed E-state index contributed by atoms with van der Waals surface area (Å²) in [6.45, 7) is -0.531. The van der Waals surface area contributed by atoms with Gasteiger partial charge in [-0.15, -0.1) is 0 Å². The zero-order chi connectivity index (χ0) is 20.9. The fourth-order valence-electron chi connectivity index (χ4n) is 3.25. The summed E-state index contributed by atoms with van der Waals surface area (Å²) in [7, 11) is 0. The molecule has 0 saturated carbocycles. The van der Waals surface area contributed by atoms with Crippen LogP contribution < -0.4 is 5.32 Å². The fourth-order valence-corrected chi connectivity index (χ4v) is 3.25. The molecule has 0 bridgehead atoms. The number of nitrogens with one attached hydrogen (secondary N) is 1. The van der Waals surface area contributed by atoms with Crippen LogP contribution in [0.15, 0.2) is 0 Å². The molecule has 0 aliphatic carbocycles. The fraction of sp³-hybridized carbons (Fsp3) is 0.895. The van der Waals surface area contributed by atoms with Crippen molar-refractivity contribution in [2.75, 3.05) is 6.61 Å². The molecule has 1 aliphatic heterocycles. The Kier molecular flexibility index (Phi) is 12.2. The van der Waals surface area contributed by atoms with Crippen molar-refractivity contribution >= 4 is 11.9 Å². The monoisotopic (exact) mass is 405 g/mol. The molecule has 0 aromatic carbocycles. The number of carboxylic acids is 1. The minimum absolute atomic E-state index is 0.241. The minimum Gasteiger partial charge on any atom is -0.481 e. The van der Waals surface area contributed by atoms with E-state index in [4.69, 9.17) is 14.9 Å². The standard InChI is InChI=1S/C19H35NO8/c21-12-13-16(25)17(26)18(27)19(28-13)20-14(22)10-8-6-4-2-1-3-5-7-9-11-15(23)24/h13,16-19,21,25-27H,1-12H2,(H,20,22)(H,23,24)/t13-,16-,17+,18-,19-/m1/s1. The maximum Gasteiger partial charge on any atom is 0.303 e. The van der Waals surface area contributed by atoms with E-state index in [1.165, 1.54) is 0 Å². The Morgan fingerprint density at radius 3 is 1.75 bits per heavy atom. The molecule has 0 radical (unpaired) electrons. The Labute approximate surface area is 165 Å². The normalized spacial score (nSPS) is 27.5. The number of aliphatic carboxylic acids is 1. The first-order chi connectivity index (χ1) is 13.4. The zero-order valence-electron chi connectivity index (χ0n) is 16.3. The van der Waals surface area contributed by atoms with Gasteiger partial charge in [0.05, 0.1) is 6.61 Å². The van der Waals surface area contributed by atoms with Gasteiger partial charge in [0.15, 0.2) is 6.23 Å². The highest BCUT2D eigenvalue weighted by atomic mass is 16.6. The Morgan fingerprint density at radius 1 is 0.750 bits per heavy atom. The van der Waals surface area contributed by atoms with Crippen LogP contribution >= 0.6 is 0 Å². The maximum atomic E-state index is 12.0. The van der Waals surface area contributed by atoms with Gasteiger partial charge in [0.1, 0.15) is 24.4 Å². The first kappa shape index (κ1) is 24.8. The van der Waals surface area contributed by atoms with Crippen LogP contribution in [0.2, 0.25) is 0 Å². The van der Waals surface area contributed by atoms with E-state index in [1.807, 2.05) is 0 Å². The summed E-state index contributed by atoms with van der Waals surface area (Å²) < 4.78 is 5.24. The zero-order valence-corrected chi connectivity index (χ0v) is 16.3. The lowest BCUT2D eigenvalue weighted by molar-refractivity contribution is -0.236. The van der Waals surface area contributed by atoms with E-state index in [0.29, 0.717) is 6.42 Å². The predicted molar refractivity (Wildman–Crippen MR) is 100 cm³/mol. The van der Waals surface area contributed by atoms with E-state index in [1.54, 1.807) is 0 Å². The molecule has 9 heteroatoms. The second kappa shape index (κ2) is 13.8. The molecule has 1 rings (SSSR count). The van der Waals surface area contributed by atoms with Gasteiger partial charge in [-0.1, -0.05) is 44.9 Å². The molecule has 1 aliphatic rings. The average molecular weight is 405 g/mol. The predicted octanol–water partition coefficient (Wildman–Crippen LogP) is 0.278. The van der Waals surface area contributed by atoms with Crippen molar-refractivity contribution in [1.29, 1.82) is 0 Å². The van der Waals surface area contributed by atoms with E-state index in [9.17, 15) is 24.9 Å². The average Bonchev–Trinajstić information content (AvgIpc) is 2.66. The summed E-state index contributed by atoms with van der Waals surface area (Å²) in [6, 6.07) is 0. The molecule has 0 spiro atoms.